The van der Waals surface area contributed by atoms with Crippen LogP contribution in [0.3, 0.4) is 0 Å². The van der Waals surface area contributed by atoms with Crippen molar-refractivity contribution in [2.45, 2.75) is 45.3 Å². The van der Waals surface area contributed by atoms with Gasteiger partial charge in [0.25, 0.3) is 0 Å². The summed E-state index contributed by atoms with van der Waals surface area (Å²) in [6, 6.07) is 5.91. The quantitative estimate of drug-likeness (QED) is 0.878. The van der Waals surface area contributed by atoms with Crippen LogP contribution in [0.25, 0.3) is 0 Å². The molecule has 1 aromatic carbocycles. The van der Waals surface area contributed by atoms with Crippen molar-refractivity contribution < 1.29 is 22.7 Å². The van der Waals surface area contributed by atoms with Crippen LogP contribution in [0.5, 0.6) is 5.75 Å². The predicted octanol–water partition coefficient (Wildman–Crippen LogP) is 3.21. The van der Waals surface area contributed by atoms with Gasteiger partial charge in [-0.3, -0.25) is 4.90 Å². The van der Waals surface area contributed by atoms with Crippen LogP contribution in [0, 0.1) is 0 Å². The van der Waals surface area contributed by atoms with Crippen molar-refractivity contribution in [2.24, 2.45) is 0 Å². The summed E-state index contributed by atoms with van der Waals surface area (Å²) in [5, 5.41) is 3.00. The summed E-state index contributed by atoms with van der Waals surface area (Å²) in [4.78, 5) is 16.1. The summed E-state index contributed by atoms with van der Waals surface area (Å²) in [6.45, 7) is 6.36. The molecule has 1 aliphatic heterocycles. The molecule has 0 saturated carbocycles. The first-order valence-corrected chi connectivity index (χ1v) is 8.24. The van der Waals surface area contributed by atoms with Crippen LogP contribution in [0.15, 0.2) is 24.3 Å². The van der Waals surface area contributed by atoms with E-state index in [0.29, 0.717) is 12.6 Å². The Bertz CT molecular complexity index is 575. The van der Waals surface area contributed by atoms with Gasteiger partial charge in [0.2, 0.25) is 0 Å². The Morgan fingerprint density at radius 1 is 1.36 bits per heavy atom. The van der Waals surface area contributed by atoms with E-state index < -0.39 is 6.36 Å². The summed E-state index contributed by atoms with van der Waals surface area (Å²) >= 11 is 0. The Kier molecular flexibility index (Phi) is 6.16. The molecule has 1 fully saturated rings. The topological polar surface area (TPSA) is 44.8 Å². The Morgan fingerprint density at radius 2 is 2.00 bits per heavy atom. The van der Waals surface area contributed by atoms with E-state index in [1.807, 2.05) is 0 Å². The zero-order valence-corrected chi connectivity index (χ0v) is 14.6. The minimum Gasteiger partial charge on any atom is -0.406 e. The van der Waals surface area contributed by atoms with Crippen molar-refractivity contribution in [1.82, 2.24) is 15.1 Å². The van der Waals surface area contributed by atoms with E-state index >= 15 is 0 Å². The number of nitrogens with zero attached hydrogens (tertiary/aromatic N) is 2. The molecule has 1 unspecified atom stereocenters. The van der Waals surface area contributed by atoms with Gasteiger partial charge in [0, 0.05) is 38.8 Å². The molecule has 1 aromatic rings. The number of nitrogens with one attached hydrogen (secondary N) is 1. The van der Waals surface area contributed by atoms with Gasteiger partial charge in [-0.1, -0.05) is 12.1 Å². The lowest BCUT2D eigenvalue weighted by molar-refractivity contribution is -0.274. The number of carbonyl (C=O) groups excluding carboxylic acids is 1. The molecule has 0 spiro atoms. The molecular formula is C17H24F3N3O2. The summed E-state index contributed by atoms with van der Waals surface area (Å²) in [7, 11) is 1.66. The van der Waals surface area contributed by atoms with Gasteiger partial charge in [-0.05, 0) is 38.0 Å². The monoisotopic (exact) mass is 359 g/mol. The van der Waals surface area contributed by atoms with Crippen LogP contribution in [0.2, 0.25) is 0 Å². The highest BCUT2D eigenvalue weighted by molar-refractivity contribution is 5.74. The second-order valence-electron chi connectivity index (χ2n) is 6.57. The van der Waals surface area contributed by atoms with Gasteiger partial charge in [-0.15, -0.1) is 13.2 Å². The Labute approximate surface area is 145 Å². The Hall–Kier alpha value is -1.96. The molecular weight excluding hydrogens is 335 g/mol. The first-order valence-electron chi connectivity index (χ1n) is 8.24. The molecule has 1 aliphatic rings. The molecule has 2 rings (SSSR count). The number of amides is 2. The smallest absolute Gasteiger partial charge is 0.406 e. The lowest BCUT2D eigenvalue weighted by Gasteiger charge is -2.23. The summed E-state index contributed by atoms with van der Waals surface area (Å²) < 4.78 is 40.3. The fourth-order valence-corrected chi connectivity index (χ4v) is 2.80. The van der Waals surface area contributed by atoms with E-state index in [-0.39, 0.29) is 17.8 Å². The molecule has 1 heterocycles. The zero-order chi connectivity index (χ0) is 18.6. The van der Waals surface area contributed by atoms with E-state index in [1.54, 1.807) is 7.05 Å². The van der Waals surface area contributed by atoms with E-state index in [4.69, 9.17) is 0 Å². The highest BCUT2D eigenvalue weighted by Crippen LogP contribution is 2.23. The molecule has 5 nitrogen and oxygen atoms in total. The molecule has 1 saturated heterocycles. The van der Waals surface area contributed by atoms with Crippen molar-refractivity contribution in [1.29, 1.82) is 0 Å². The average Bonchev–Trinajstić information content (AvgIpc) is 2.96. The third-order valence-electron chi connectivity index (χ3n) is 4.20. The molecule has 1 N–H and O–H groups in total. The predicted molar refractivity (Wildman–Crippen MR) is 88.2 cm³/mol. The van der Waals surface area contributed by atoms with Gasteiger partial charge in [0.1, 0.15) is 5.75 Å². The van der Waals surface area contributed by atoms with Crippen LogP contribution in [-0.2, 0) is 6.54 Å². The third kappa shape index (κ3) is 6.12. The van der Waals surface area contributed by atoms with Gasteiger partial charge in [-0.2, -0.15) is 0 Å². The van der Waals surface area contributed by atoms with Crippen molar-refractivity contribution in [3.8, 4) is 5.75 Å². The average molecular weight is 359 g/mol. The van der Waals surface area contributed by atoms with Crippen LogP contribution in [-0.4, -0.2) is 54.4 Å². The molecule has 2 amide bonds. The maximum atomic E-state index is 12.3. The normalized spacial score (nSPS) is 18.4. The van der Waals surface area contributed by atoms with Crippen LogP contribution >= 0.6 is 0 Å². The molecule has 0 bridgehead atoms. The van der Waals surface area contributed by atoms with Crippen LogP contribution in [0.1, 0.15) is 25.8 Å². The van der Waals surface area contributed by atoms with Gasteiger partial charge in [-0.25, -0.2) is 4.79 Å². The van der Waals surface area contributed by atoms with Crippen LogP contribution < -0.4 is 10.1 Å². The highest BCUT2D eigenvalue weighted by Gasteiger charge is 2.31. The van der Waals surface area contributed by atoms with E-state index in [9.17, 15) is 18.0 Å². The second kappa shape index (κ2) is 7.95. The number of rotatable bonds is 5. The lowest BCUT2D eigenvalue weighted by Crippen LogP contribution is -2.44. The number of hydrogen-bond donors (Lipinski definition) is 1. The van der Waals surface area contributed by atoms with Gasteiger partial charge >= 0.3 is 12.4 Å². The minimum absolute atomic E-state index is 0.125. The lowest BCUT2D eigenvalue weighted by atomic mass is 10.2. The highest BCUT2D eigenvalue weighted by atomic mass is 19.4. The first-order chi connectivity index (χ1) is 11.6. The number of ether oxygens (including phenoxy) is 1. The van der Waals surface area contributed by atoms with Crippen molar-refractivity contribution in [3.63, 3.8) is 0 Å². The Morgan fingerprint density at radius 3 is 2.52 bits per heavy atom. The maximum Gasteiger partial charge on any atom is 0.573 e. The summed E-state index contributed by atoms with van der Waals surface area (Å²) in [5.74, 6) is -0.275. The standard InChI is InChI=1S/C17H24F3N3O2/c1-12(2)23-9-8-14(11-23)21-16(24)22(3)10-13-4-6-15(7-5-13)25-17(18,19)20/h4-7,12,14H,8-11H2,1-3H3,(H,21,24). The molecule has 0 aliphatic carbocycles. The van der Waals surface area contributed by atoms with Crippen LogP contribution in [0.4, 0.5) is 18.0 Å². The number of carbonyl (C=O) groups is 1. The van der Waals surface area contributed by atoms with Gasteiger partial charge in [0.05, 0.1) is 0 Å². The molecule has 1 atom stereocenters. The summed E-state index contributed by atoms with van der Waals surface area (Å²) in [6.07, 6.45) is -3.79. The molecule has 25 heavy (non-hydrogen) atoms. The Balaban J connectivity index is 1.83. The van der Waals surface area contributed by atoms with E-state index in [2.05, 4.69) is 28.8 Å². The van der Waals surface area contributed by atoms with Gasteiger partial charge in [0.15, 0.2) is 0 Å². The van der Waals surface area contributed by atoms with Crippen molar-refractivity contribution in [3.05, 3.63) is 29.8 Å². The second-order valence-corrected chi connectivity index (χ2v) is 6.57. The molecule has 0 aromatic heterocycles. The summed E-state index contributed by atoms with van der Waals surface area (Å²) in [5.41, 5.74) is 0.724. The van der Waals surface area contributed by atoms with Crippen molar-refractivity contribution >= 4 is 6.03 Å². The number of hydrogen-bond acceptors (Lipinski definition) is 3. The minimum atomic E-state index is -4.71. The van der Waals surface area contributed by atoms with E-state index in [1.165, 1.54) is 29.2 Å². The molecule has 8 heteroatoms. The third-order valence-corrected chi connectivity index (χ3v) is 4.20. The molecule has 0 radical (unpaired) electrons. The number of urea groups is 1. The zero-order valence-electron chi connectivity index (χ0n) is 14.6. The SMILES string of the molecule is CC(C)N1CCC(NC(=O)N(C)Cc2ccc(OC(F)(F)F)cc2)C1. The fraction of sp³-hybridized carbons (Fsp3) is 0.588. The molecule has 140 valence electrons. The number of benzene rings is 1. The number of likely N-dealkylation sites (tertiary alicyclic amines) is 1. The number of halogens is 3. The largest absolute Gasteiger partial charge is 0.573 e. The fourth-order valence-electron chi connectivity index (χ4n) is 2.80. The number of alkyl halides is 3. The maximum absolute atomic E-state index is 12.3. The van der Waals surface area contributed by atoms with E-state index in [0.717, 1.165) is 25.1 Å². The van der Waals surface area contributed by atoms with Gasteiger partial charge < -0.3 is 15.0 Å². The van der Waals surface area contributed by atoms with Crippen molar-refractivity contribution in [2.75, 3.05) is 20.1 Å². The first kappa shape index (κ1) is 19.4.